The molecular formula is C16H19NO2S. The van der Waals surface area contributed by atoms with Crippen LogP contribution in [-0.4, -0.2) is 16.1 Å². The minimum absolute atomic E-state index is 0.0513. The molecule has 0 radical (unpaired) electrons. The molecule has 106 valence electrons. The van der Waals surface area contributed by atoms with Crippen LogP contribution in [0.25, 0.3) is 11.3 Å². The van der Waals surface area contributed by atoms with Gasteiger partial charge in [0.25, 0.3) is 0 Å². The molecule has 3 nitrogen and oxygen atoms in total. The summed E-state index contributed by atoms with van der Waals surface area (Å²) in [6.07, 6.45) is 4.48. The third-order valence-corrected chi connectivity index (χ3v) is 4.21. The first kappa shape index (κ1) is 14.7. The Hall–Kier alpha value is -1.68. The molecule has 0 saturated carbocycles. The second-order valence-corrected chi connectivity index (χ2v) is 5.94. The van der Waals surface area contributed by atoms with E-state index in [1.54, 1.807) is 11.3 Å². The van der Waals surface area contributed by atoms with Gasteiger partial charge in [-0.15, -0.1) is 11.3 Å². The van der Waals surface area contributed by atoms with E-state index in [0.717, 1.165) is 34.0 Å². The smallest absolute Gasteiger partial charge is 0.308 e. The first-order valence-corrected chi connectivity index (χ1v) is 7.78. The summed E-state index contributed by atoms with van der Waals surface area (Å²) >= 11 is 1.54. The van der Waals surface area contributed by atoms with Gasteiger partial charge in [-0.25, -0.2) is 4.98 Å². The Morgan fingerprint density at radius 1 is 1.25 bits per heavy atom. The van der Waals surface area contributed by atoms with E-state index in [1.807, 2.05) is 30.3 Å². The summed E-state index contributed by atoms with van der Waals surface area (Å²) in [6.45, 7) is 2.17. The molecule has 0 spiro atoms. The molecular weight excluding hydrogens is 270 g/mol. The molecule has 0 fully saturated rings. The number of thiazole rings is 1. The lowest BCUT2D eigenvalue weighted by atomic mass is 10.1. The molecule has 1 aromatic heterocycles. The van der Waals surface area contributed by atoms with Gasteiger partial charge in [0.2, 0.25) is 0 Å². The van der Waals surface area contributed by atoms with Crippen molar-refractivity contribution in [3.05, 3.63) is 40.2 Å². The Balaban J connectivity index is 2.25. The average Bonchev–Trinajstić information content (AvgIpc) is 2.82. The predicted octanol–water partition coefficient (Wildman–Crippen LogP) is 4.17. The van der Waals surface area contributed by atoms with Crippen LogP contribution in [0.1, 0.15) is 36.1 Å². The van der Waals surface area contributed by atoms with E-state index in [9.17, 15) is 4.79 Å². The highest BCUT2D eigenvalue weighted by Gasteiger charge is 2.15. The molecule has 20 heavy (non-hydrogen) atoms. The third kappa shape index (κ3) is 3.90. The van der Waals surface area contributed by atoms with Crippen molar-refractivity contribution in [2.45, 2.75) is 39.0 Å². The Bertz CT molecular complexity index is 563. The molecule has 0 unspecified atom stereocenters. The van der Waals surface area contributed by atoms with E-state index < -0.39 is 5.97 Å². The highest BCUT2D eigenvalue weighted by molar-refractivity contribution is 7.12. The quantitative estimate of drug-likeness (QED) is 0.778. The van der Waals surface area contributed by atoms with Crippen LogP contribution in [0.2, 0.25) is 0 Å². The Morgan fingerprint density at radius 2 is 2.00 bits per heavy atom. The summed E-state index contributed by atoms with van der Waals surface area (Å²) in [5.41, 5.74) is 1.84. The van der Waals surface area contributed by atoms with Crippen molar-refractivity contribution < 1.29 is 9.90 Å². The van der Waals surface area contributed by atoms with Crippen molar-refractivity contribution in [2.75, 3.05) is 0 Å². The number of hydrogen-bond donors (Lipinski definition) is 1. The lowest BCUT2D eigenvalue weighted by molar-refractivity contribution is -0.136. The van der Waals surface area contributed by atoms with Crippen LogP contribution in [-0.2, 0) is 17.6 Å². The summed E-state index contributed by atoms with van der Waals surface area (Å²) in [5, 5.41) is 10.1. The van der Waals surface area contributed by atoms with Gasteiger partial charge in [-0.1, -0.05) is 50.1 Å². The number of carbonyl (C=O) groups is 1. The van der Waals surface area contributed by atoms with Crippen molar-refractivity contribution in [1.82, 2.24) is 4.98 Å². The van der Waals surface area contributed by atoms with E-state index in [0.29, 0.717) is 0 Å². The van der Waals surface area contributed by atoms with Crippen LogP contribution < -0.4 is 0 Å². The molecule has 2 aromatic rings. The standard InChI is InChI=1S/C16H19NO2S/c1-2-3-5-10-14-17-16(12-8-6-4-7-9-12)13(20-14)11-15(18)19/h4,6-9H,2-3,5,10-11H2,1H3,(H,18,19). The predicted molar refractivity (Wildman–Crippen MR) is 82.1 cm³/mol. The van der Waals surface area contributed by atoms with Gasteiger partial charge in [-0.05, 0) is 12.8 Å². The molecule has 1 aromatic carbocycles. The summed E-state index contributed by atoms with van der Waals surface area (Å²) in [6, 6.07) is 9.83. The number of carboxylic acids is 1. The highest BCUT2D eigenvalue weighted by atomic mass is 32.1. The largest absolute Gasteiger partial charge is 0.481 e. The van der Waals surface area contributed by atoms with Crippen LogP contribution in [0.3, 0.4) is 0 Å². The van der Waals surface area contributed by atoms with Gasteiger partial charge < -0.3 is 5.11 Å². The van der Waals surface area contributed by atoms with Gasteiger partial charge in [-0.2, -0.15) is 0 Å². The fraction of sp³-hybridized carbons (Fsp3) is 0.375. The van der Waals surface area contributed by atoms with E-state index in [4.69, 9.17) is 5.11 Å². The lowest BCUT2D eigenvalue weighted by Crippen LogP contribution is -1.99. The molecule has 0 bridgehead atoms. The second-order valence-electron chi connectivity index (χ2n) is 4.77. The van der Waals surface area contributed by atoms with Crippen LogP contribution >= 0.6 is 11.3 Å². The second kappa shape index (κ2) is 7.20. The zero-order valence-electron chi connectivity index (χ0n) is 11.6. The van der Waals surface area contributed by atoms with Crippen molar-refractivity contribution in [3.63, 3.8) is 0 Å². The lowest BCUT2D eigenvalue weighted by Gasteiger charge is -1.99. The minimum atomic E-state index is -0.800. The van der Waals surface area contributed by atoms with Crippen molar-refractivity contribution in [1.29, 1.82) is 0 Å². The minimum Gasteiger partial charge on any atom is -0.481 e. The topological polar surface area (TPSA) is 50.2 Å². The number of aryl methyl sites for hydroxylation is 1. The van der Waals surface area contributed by atoms with Gasteiger partial charge in [0.15, 0.2) is 0 Å². The summed E-state index contributed by atoms with van der Waals surface area (Å²) < 4.78 is 0. The number of aromatic nitrogens is 1. The number of carboxylic acid groups (broad SMARTS) is 1. The monoisotopic (exact) mass is 289 g/mol. The van der Waals surface area contributed by atoms with Gasteiger partial charge in [0.05, 0.1) is 17.1 Å². The van der Waals surface area contributed by atoms with Crippen LogP contribution in [0.15, 0.2) is 30.3 Å². The zero-order valence-corrected chi connectivity index (χ0v) is 12.4. The van der Waals surface area contributed by atoms with Gasteiger partial charge in [0.1, 0.15) is 0 Å². The van der Waals surface area contributed by atoms with Gasteiger partial charge >= 0.3 is 5.97 Å². The molecule has 0 aliphatic heterocycles. The fourth-order valence-electron chi connectivity index (χ4n) is 2.11. The van der Waals surface area contributed by atoms with Crippen molar-refractivity contribution >= 4 is 17.3 Å². The Kier molecular flexibility index (Phi) is 5.30. The SMILES string of the molecule is CCCCCc1nc(-c2ccccc2)c(CC(=O)O)s1. The van der Waals surface area contributed by atoms with E-state index in [2.05, 4.69) is 11.9 Å². The van der Waals surface area contributed by atoms with E-state index >= 15 is 0 Å². The molecule has 2 rings (SSSR count). The third-order valence-electron chi connectivity index (χ3n) is 3.09. The molecule has 4 heteroatoms. The number of benzene rings is 1. The number of rotatable bonds is 7. The molecule has 0 saturated heterocycles. The van der Waals surface area contributed by atoms with Crippen LogP contribution in [0.4, 0.5) is 0 Å². The highest BCUT2D eigenvalue weighted by Crippen LogP contribution is 2.29. The summed E-state index contributed by atoms with van der Waals surface area (Å²) in [4.78, 5) is 16.5. The maximum atomic E-state index is 11.0. The van der Waals surface area contributed by atoms with E-state index in [1.165, 1.54) is 12.8 Å². The summed E-state index contributed by atoms with van der Waals surface area (Å²) in [7, 11) is 0. The number of hydrogen-bond acceptors (Lipinski definition) is 3. The first-order chi connectivity index (χ1) is 9.70. The molecule has 0 aliphatic carbocycles. The Labute approximate surface area is 123 Å². The molecule has 0 atom stereocenters. The Morgan fingerprint density at radius 3 is 2.65 bits per heavy atom. The fourth-order valence-corrected chi connectivity index (χ4v) is 3.24. The van der Waals surface area contributed by atoms with E-state index in [-0.39, 0.29) is 6.42 Å². The maximum absolute atomic E-state index is 11.0. The first-order valence-electron chi connectivity index (χ1n) is 6.96. The number of nitrogens with zero attached hydrogens (tertiary/aromatic N) is 1. The van der Waals surface area contributed by atoms with Gasteiger partial charge in [-0.3, -0.25) is 4.79 Å². The van der Waals surface area contributed by atoms with Crippen LogP contribution in [0, 0.1) is 0 Å². The average molecular weight is 289 g/mol. The van der Waals surface area contributed by atoms with Crippen molar-refractivity contribution in [2.24, 2.45) is 0 Å². The zero-order chi connectivity index (χ0) is 14.4. The molecule has 0 amide bonds. The molecule has 1 N–H and O–H groups in total. The van der Waals surface area contributed by atoms with Crippen molar-refractivity contribution in [3.8, 4) is 11.3 Å². The number of aliphatic carboxylic acids is 1. The number of unbranched alkanes of at least 4 members (excludes halogenated alkanes) is 2. The molecule has 1 heterocycles. The van der Waals surface area contributed by atoms with Crippen LogP contribution in [0.5, 0.6) is 0 Å². The van der Waals surface area contributed by atoms with Gasteiger partial charge in [0, 0.05) is 10.4 Å². The normalized spacial score (nSPS) is 10.7. The molecule has 0 aliphatic rings. The maximum Gasteiger partial charge on any atom is 0.308 e. The summed E-state index contributed by atoms with van der Waals surface area (Å²) in [5.74, 6) is -0.800.